The monoisotopic (exact) mass is 244 g/mol. The Bertz CT molecular complexity index is 446. The molecule has 0 aromatic heterocycles. The minimum atomic E-state index is 0.741. The van der Waals surface area contributed by atoms with Crippen LogP contribution in [-0.2, 0) is 0 Å². The van der Waals surface area contributed by atoms with Crippen LogP contribution in [0.1, 0.15) is 31.7 Å². The predicted octanol–water partition coefficient (Wildman–Crippen LogP) is 3.19. The van der Waals surface area contributed by atoms with E-state index in [1.54, 1.807) is 7.11 Å². The Hall–Kier alpha value is -1.69. The zero-order chi connectivity index (χ0) is 13.0. The van der Waals surface area contributed by atoms with Gasteiger partial charge in [-0.2, -0.15) is 5.26 Å². The number of rotatable bonds is 6. The quantitative estimate of drug-likeness (QED) is 0.771. The van der Waals surface area contributed by atoms with Gasteiger partial charge in [-0.05, 0) is 37.3 Å². The molecule has 1 saturated carbocycles. The molecule has 96 valence electrons. The Kier molecular flexibility index (Phi) is 4.09. The van der Waals surface area contributed by atoms with Crippen molar-refractivity contribution in [2.45, 2.75) is 26.2 Å². The van der Waals surface area contributed by atoms with E-state index >= 15 is 0 Å². The molecule has 0 spiro atoms. The third-order valence-corrected chi connectivity index (χ3v) is 3.34. The van der Waals surface area contributed by atoms with Gasteiger partial charge in [-0.1, -0.05) is 6.92 Å². The van der Waals surface area contributed by atoms with Gasteiger partial charge in [-0.25, -0.2) is 0 Å². The molecule has 0 amide bonds. The Morgan fingerprint density at radius 1 is 1.44 bits per heavy atom. The molecule has 1 aliphatic rings. The lowest BCUT2D eigenvalue weighted by Crippen LogP contribution is -2.27. The van der Waals surface area contributed by atoms with Crippen molar-refractivity contribution in [1.82, 2.24) is 0 Å². The molecule has 0 atom stereocenters. The zero-order valence-corrected chi connectivity index (χ0v) is 11.1. The van der Waals surface area contributed by atoms with Crippen molar-refractivity contribution in [3.63, 3.8) is 0 Å². The van der Waals surface area contributed by atoms with Gasteiger partial charge >= 0.3 is 0 Å². The van der Waals surface area contributed by atoms with Crippen molar-refractivity contribution in [2.75, 3.05) is 25.1 Å². The Balaban J connectivity index is 2.27. The van der Waals surface area contributed by atoms with E-state index in [-0.39, 0.29) is 0 Å². The molecular formula is C15H20N2O. The molecule has 18 heavy (non-hydrogen) atoms. The summed E-state index contributed by atoms with van der Waals surface area (Å²) in [6, 6.07) is 7.97. The van der Waals surface area contributed by atoms with Crippen LogP contribution in [0.25, 0.3) is 0 Å². The number of hydrogen-bond acceptors (Lipinski definition) is 3. The maximum Gasteiger partial charge on any atom is 0.121 e. The average Bonchev–Trinajstić information content (AvgIpc) is 3.21. The van der Waals surface area contributed by atoms with Crippen molar-refractivity contribution in [1.29, 1.82) is 5.26 Å². The van der Waals surface area contributed by atoms with Crippen molar-refractivity contribution in [3.05, 3.63) is 23.8 Å². The maximum atomic E-state index is 9.23. The Morgan fingerprint density at radius 3 is 2.78 bits per heavy atom. The van der Waals surface area contributed by atoms with E-state index in [0.717, 1.165) is 42.4 Å². The lowest BCUT2D eigenvalue weighted by molar-refractivity contribution is 0.414. The number of ether oxygens (including phenoxy) is 1. The fourth-order valence-corrected chi connectivity index (χ4v) is 2.19. The highest BCUT2D eigenvalue weighted by atomic mass is 16.5. The normalized spacial score (nSPS) is 14.1. The smallest absolute Gasteiger partial charge is 0.121 e. The molecular weight excluding hydrogens is 224 g/mol. The van der Waals surface area contributed by atoms with Crippen LogP contribution in [0.15, 0.2) is 18.2 Å². The first-order valence-electron chi connectivity index (χ1n) is 6.61. The average molecular weight is 244 g/mol. The van der Waals surface area contributed by atoms with Crippen LogP contribution in [0.4, 0.5) is 5.69 Å². The molecule has 0 unspecified atom stereocenters. The Labute approximate surface area is 109 Å². The fraction of sp³-hybridized carbons (Fsp3) is 0.533. The van der Waals surface area contributed by atoms with Gasteiger partial charge in [0.15, 0.2) is 0 Å². The van der Waals surface area contributed by atoms with Gasteiger partial charge in [0.2, 0.25) is 0 Å². The van der Waals surface area contributed by atoms with E-state index in [4.69, 9.17) is 4.74 Å². The van der Waals surface area contributed by atoms with E-state index in [2.05, 4.69) is 17.9 Å². The van der Waals surface area contributed by atoms with Gasteiger partial charge in [-0.3, -0.25) is 0 Å². The van der Waals surface area contributed by atoms with Crippen LogP contribution in [0.5, 0.6) is 5.75 Å². The highest BCUT2D eigenvalue weighted by molar-refractivity contribution is 5.62. The summed E-state index contributed by atoms with van der Waals surface area (Å²) >= 11 is 0. The van der Waals surface area contributed by atoms with Crippen molar-refractivity contribution >= 4 is 5.69 Å². The number of methoxy groups -OCH3 is 1. The second-order valence-corrected chi connectivity index (χ2v) is 4.88. The van der Waals surface area contributed by atoms with Crippen molar-refractivity contribution < 1.29 is 4.74 Å². The summed E-state index contributed by atoms with van der Waals surface area (Å²) in [6.45, 7) is 4.24. The molecule has 1 aromatic carbocycles. The first-order valence-corrected chi connectivity index (χ1v) is 6.61. The van der Waals surface area contributed by atoms with Gasteiger partial charge in [0.05, 0.1) is 18.4 Å². The van der Waals surface area contributed by atoms with Crippen LogP contribution < -0.4 is 9.64 Å². The predicted molar refractivity (Wildman–Crippen MR) is 72.9 cm³/mol. The second-order valence-electron chi connectivity index (χ2n) is 4.88. The summed E-state index contributed by atoms with van der Waals surface area (Å²) in [5.41, 5.74) is 1.76. The molecule has 0 heterocycles. The maximum absolute atomic E-state index is 9.23. The van der Waals surface area contributed by atoms with E-state index in [1.165, 1.54) is 12.8 Å². The number of hydrogen-bond donors (Lipinski definition) is 0. The van der Waals surface area contributed by atoms with Gasteiger partial charge < -0.3 is 9.64 Å². The summed E-state index contributed by atoms with van der Waals surface area (Å²) < 4.78 is 5.27. The first kappa shape index (κ1) is 12.8. The van der Waals surface area contributed by atoms with Crippen LogP contribution in [0.3, 0.4) is 0 Å². The molecule has 3 nitrogen and oxygen atoms in total. The minimum absolute atomic E-state index is 0.741. The molecule has 1 fully saturated rings. The number of benzene rings is 1. The van der Waals surface area contributed by atoms with Gasteiger partial charge in [-0.15, -0.1) is 0 Å². The summed E-state index contributed by atoms with van der Waals surface area (Å²) in [5.74, 6) is 1.63. The van der Waals surface area contributed by atoms with E-state index in [1.807, 2.05) is 18.2 Å². The molecule has 0 saturated heterocycles. The lowest BCUT2D eigenvalue weighted by Gasteiger charge is -2.25. The van der Waals surface area contributed by atoms with Crippen LogP contribution in [0, 0.1) is 17.2 Å². The fourth-order valence-electron chi connectivity index (χ4n) is 2.19. The van der Waals surface area contributed by atoms with Gasteiger partial charge in [0.25, 0.3) is 0 Å². The summed E-state index contributed by atoms with van der Waals surface area (Å²) in [6.07, 6.45) is 3.74. The summed E-state index contributed by atoms with van der Waals surface area (Å²) in [7, 11) is 1.66. The highest BCUT2D eigenvalue weighted by Gasteiger charge is 2.25. The molecule has 2 rings (SSSR count). The highest BCUT2D eigenvalue weighted by Crippen LogP contribution is 2.33. The number of anilines is 1. The Morgan fingerprint density at radius 2 is 2.22 bits per heavy atom. The number of nitrogens with zero attached hydrogens (tertiary/aromatic N) is 2. The van der Waals surface area contributed by atoms with Crippen LogP contribution >= 0.6 is 0 Å². The van der Waals surface area contributed by atoms with E-state index < -0.39 is 0 Å². The number of nitriles is 1. The van der Waals surface area contributed by atoms with Crippen LogP contribution in [-0.4, -0.2) is 20.2 Å². The van der Waals surface area contributed by atoms with Crippen LogP contribution in [0.2, 0.25) is 0 Å². The standard InChI is InChI=1S/C15H20N2O/c1-3-8-17(11-12-4-5-12)15-9-14(18-2)7-6-13(15)10-16/h6-7,9,12H,3-5,8,11H2,1-2H3. The minimum Gasteiger partial charge on any atom is -0.497 e. The van der Waals surface area contributed by atoms with E-state index in [0.29, 0.717) is 0 Å². The molecule has 1 aliphatic carbocycles. The molecule has 3 heteroatoms. The van der Waals surface area contributed by atoms with Crippen molar-refractivity contribution in [2.24, 2.45) is 5.92 Å². The first-order chi connectivity index (χ1) is 8.78. The van der Waals surface area contributed by atoms with Gasteiger partial charge in [0, 0.05) is 19.2 Å². The largest absolute Gasteiger partial charge is 0.497 e. The second kappa shape index (κ2) is 5.77. The SMILES string of the molecule is CCCN(CC1CC1)c1cc(OC)ccc1C#N. The summed E-state index contributed by atoms with van der Waals surface area (Å²) in [5, 5.41) is 9.23. The zero-order valence-electron chi connectivity index (χ0n) is 11.1. The molecule has 0 radical (unpaired) electrons. The van der Waals surface area contributed by atoms with Gasteiger partial charge in [0.1, 0.15) is 11.8 Å². The summed E-state index contributed by atoms with van der Waals surface area (Å²) in [4.78, 5) is 2.33. The molecule has 0 bridgehead atoms. The third-order valence-electron chi connectivity index (χ3n) is 3.34. The molecule has 1 aromatic rings. The van der Waals surface area contributed by atoms with E-state index in [9.17, 15) is 5.26 Å². The molecule has 0 N–H and O–H groups in total. The van der Waals surface area contributed by atoms with Crippen molar-refractivity contribution in [3.8, 4) is 11.8 Å². The topological polar surface area (TPSA) is 36.3 Å². The lowest BCUT2D eigenvalue weighted by atomic mass is 10.1. The third kappa shape index (κ3) is 2.95. The molecule has 0 aliphatic heterocycles.